The Hall–Kier alpha value is -3.00. The van der Waals surface area contributed by atoms with Gasteiger partial charge in [-0.25, -0.2) is 4.79 Å². The van der Waals surface area contributed by atoms with Crippen molar-refractivity contribution in [2.75, 3.05) is 0 Å². The third-order valence-electron chi connectivity index (χ3n) is 5.71. The van der Waals surface area contributed by atoms with E-state index in [1.807, 2.05) is 0 Å². The molecule has 1 aromatic carbocycles. The van der Waals surface area contributed by atoms with Gasteiger partial charge in [0.15, 0.2) is 5.78 Å². The van der Waals surface area contributed by atoms with Crippen molar-refractivity contribution in [1.29, 1.82) is 0 Å². The van der Waals surface area contributed by atoms with E-state index in [1.54, 1.807) is 27.7 Å². The Morgan fingerprint density at radius 1 is 1.13 bits per heavy atom. The summed E-state index contributed by atoms with van der Waals surface area (Å²) in [6, 6.07) is 0. The van der Waals surface area contributed by atoms with Gasteiger partial charge in [-0.1, -0.05) is 6.92 Å². The standard InChI is InChI=1S/C22H26O8/c1-6-14-9(2)17(25)13(21(28)29-14)7-11-18(26)16(10(3)23)19(27)12-8-15(24)22(4,5)30-20(11)12/h15,24-27H,6-8H2,1-5H3/t15-/m1/s1. The van der Waals surface area contributed by atoms with Crippen LogP contribution in [0.25, 0.3) is 0 Å². The first kappa shape index (κ1) is 21.7. The Balaban J connectivity index is 2.30. The first-order valence-electron chi connectivity index (χ1n) is 9.72. The molecule has 4 N–H and O–H groups in total. The van der Waals surface area contributed by atoms with Crippen LogP contribution in [-0.4, -0.2) is 37.9 Å². The number of hydrogen-bond donors (Lipinski definition) is 4. The summed E-state index contributed by atoms with van der Waals surface area (Å²) in [4.78, 5) is 24.6. The highest BCUT2D eigenvalue weighted by Crippen LogP contribution is 2.48. The van der Waals surface area contributed by atoms with Crippen LogP contribution in [0.4, 0.5) is 0 Å². The lowest BCUT2D eigenvalue weighted by Gasteiger charge is -2.38. The molecule has 0 unspecified atom stereocenters. The summed E-state index contributed by atoms with van der Waals surface area (Å²) in [6.07, 6.45) is -0.869. The fourth-order valence-electron chi connectivity index (χ4n) is 3.77. The number of carbonyl (C=O) groups excluding carboxylic acids is 1. The molecular formula is C22H26O8. The fraction of sp³-hybridized carbons (Fsp3) is 0.455. The number of ketones is 1. The van der Waals surface area contributed by atoms with Crippen LogP contribution in [0.1, 0.15) is 66.1 Å². The van der Waals surface area contributed by atoms with E-state index in [1.165, 1.54) is 6.92 Å². The van der Waals surface area contributed by atoms with E-state index in [0.717, 1.165) is 0 Å². The Bertz CT molecular complexity index is 1090. The van der Waals surface area contributed by atoms with Crippen LogP contribution >= 0.6 is 0 Å². The number of ether oxygens (including phenoxy) is 1. The van der Waals surface area contributed by atoms with E-state index >= 15 is 0 Å². The molecule has 3 rings (SSSR count). The summed E-state index contributed by atoms with van der Waals surface area (Å²) in [7, 11) is 0. The van der Waals surface area contributed by atoms with Crippen LogP contribution in [0, 0.1) is 6.92 Å². The van der Waals surface area contributed by atoms with Crippen LogP contribution in [0.3, 0.4) is 0 Å². The van der Waals surface area contributed by atoms with E-state index < -0.39 is 34.6 Å². The van der Waals surface area contributed by atoms with Gasteiger partial charge >= 0.3 is 5.63 Å². The fourth-order valence-corrected chi connectivity index (χ4v) is 3.77. The number of fused-ring (bicyclic) bond motifs is 1. The lowest BCUT2D eigenvalue weighted by molar-refractivity contribution is -0.0424. The van der Waals surface area contributed by atoms with Gasteiger partial charge in [0.1, 0.15) is 39.9 Å². The van der Waals surface area contributed by atoms with Gasteiger partial charge in [-0.2, -0.15) is 0 Å². The van der Waals surface area contributed by atoms with Crippen molar-refractivity contribution in [2.24, 2.45) is 0 Å². The lowest BCUT2D eigenvalue weighted by atomic mass is 9.85. The number of aryl methyl sites for hydroxylation is 1. The summed E-state index contributed by atoms with van der Waals surface area (Å²) in [5.74, 6) is -1.44. The largest absolute Gasteiger partial charge is 0.507 e. The van der Waals surface area contributed by atoms with Crippen LogP contribution in [0.5, 0.6) is 23.0 Å². The number of phenolic OH excluding ortho intramolecular Hbond substituents is 2. The summed E-state index contributed by atoms with van der Waals surface area (Å²) in [5.41, 5.74) is -1.63. The molecule has 8 heteroatoms. The molecule has 1 aliphatic heterocycles. The predicted molar refractivity (Wildman–Crippen MR) is 108 cm³/mol. The summed E-state index contributed by atoms with van der Waals surface area (Å²) in [5, 5.41) is 42.4. The van der Waals surface area contributed by atoms with E-state index in [0.29, 0.717) is 17.7 Å². The van der Waals surface area contributed by atoms with E-state index in [9.17, 15) is 30.0 Å². The lowest BCUT2D eigenvalue weighted by Crippen LogP contribution is -2.46. The highest BCUT2D eigenvalue weighted by atomic mass is 16.5. The van der Waals surface area contributed by atoms with Crippen molar-refractivity contribution in [3.05, 3.63) is 44.0 Å². The molecule has 0 saturated carbocycles. The van der Waals surface area contributed by atoms with E-state index in [-0.39, 0.29) is 46.6 Å². The molecule has 1 aliphatic rings. The van der Waals surface area contributed by atoms with Crippen molar-refractivity contribution >= 4 is 5.78 Å². The Morgan fingerprint density at radius 2 is 1.77 bits per heavy atom. The minimum absolute atomic E-state index is 0.0177. The topological polar surface area (TPSA) is 137 Å². The van der Waals surface area contributed by atoms with Gasteiger partial charge in [0, 0.05) is 36.0 Å². The maximum Gasteiger partial charge on any atom is 0.343 e. The van der Waals surface area contributed by atoms with Gasteiger partial charge in [-0.3, -0.25) is 4.79 Å². The summed E-state index contributed by atoms with van der Waals surface area (Å²) in [6.45, 7) is 7.87. The first-order valence-corrected chi connectivity index (χ1v) is 9.72. The molecule has 0 amide bonds. The van der Waals surface area contributed by atoms with E-state index in [4.69, 9.17) is 9.15 Å². The molecule has 0 spiro atoms. The number of aliphatic hydroxyl groups excluding tert-OH is 1. The number of benzene rings is 1. The zero-order chi connectivity index (χ0) is 22.5. The normalized spacial score (nSPS) is 17.3. The van der Waals surface area contributed by atoms with Crippen LogP contribution in [-0.2, 0) is 19.3 Å². The molecule has 0 radical (unpaired) electrons. The average molecular weight is 418 g/mol. The quantitative estimate of drug-likeness (QED) is 0.556. The number of hydrogen-bond acceptors (Lipinski definition) is 8. The highest BCUT2D eigenvalue weighted by molar-refractivity contribution is 6.01. The minimum Gasteiger partial charge on any atom is -0.507 e. The molecule has 1 aromatic heterocycles. The summed E-state index contributed by atoms with van der Waals surface area (Å²) < 4.78 is 11.2. The maximum absolute atomic E-state index is 12.5. The van der Waals surface area contributed by atoms with E-state index in [2.05, 4.69) is 0 Å². The second-order valence-electron chi connectivity index (χ2n) is 8.14. The van der Waals surface area contributed by atoms with Crippen molar-refractivity contribution in [2.45, 2.75) is 65.6 Å². The molecule has 0 fully saturated rings. The number of aliphatic hydroxyl groups is 1. The van der Waals surface area contributed by atoms with Gasteiger partial charge in [0.25, 0.3) is 0 Å². The second-order valence-corrected chi connectivity index (χ2v) is 8.14. The van der Waals surface area contributed by atoms with Gasteiger partial charge in [0.2, 0.25) is 0 Å². The van der Waals surface area contributed by atoms with Crippen molar-refractivity contribution in [3.63, 3.8) is 0 Å². The molecule has 0 bridgehead atoms. The van der Waals surface area contributed by atoms with Gasteiger partial charge in [-0.05, 0) is 27.7 Å². The minimum atomic E-state index is -1.05. The Morgan fingerprint density at radius 3 is 2.33 bits per heavy atom. The Labute approximate surface area is 173 Å². The number of carbonyl (C=O) groups is 1. The predicted octanol–water partition coefficient (Wildman–Crippen LogP) is 2.50. The number of Topliss-reactive ketones (excluding diaryl/α,β-unsaturated/α-hetero) is 1. The third-order valence-corrected chi connectivity index (χ3v) is 5.71. The number of aromatic hydroxyl groups is 3. The smallest absolute Gasteiger partial charge is 0.343 e. The van der Waals surface area contributed by atoms with Crippen LogP contribution in [0.15, 0.2) is 9.21 Å². The van der Waals surface area contributed by atoms with Crippen molar-refractivity contribution in [1.82, 2.24) is 0 Å². The molecule has 2 aromatic rings. The van der Waals surface area contributed by atoms with Gasteiger partial charge < -0.3 is 29.6 Å². The first-order chi connectivity index (χ1) is 13.9. The molecule has 1 atom stereocenters. The number of rotatable bonds is 4. The molecule has 30 heavy (non-hydrogen) atoms. The third kappa shape index (κ3) is 3.31. The van der Waals surface area contributed by atoms with Crippen molar-refractivity contribution < 1.29 is 34.4 Å². The molecule has 2 heterocycles. The zero-order valence-corrected chi connectivity index (χ0v) is 17.6. The second kappa shape index (κ2) is 7.36. The van der Waals surface area contributed by atoms with Gasteiger partial charge in [-0.15, -0.1) is 0 Å². The molecular weight excluding hydrogens is 392 g/mol. The molecule has 0 aliphatic carbocycles. The molecule has 8 nitrogen and oxygen atoms in total. The number of phenols is 2. The SMILES string of the molecule is CCc1oc(=O)c(Cc2c(O)c(C(C)=O)c(O)c3c2OC(C)(C)[C@H](O)C3)c(O)c1C. The van der Waals surface area contributed by atoms with Crippen molar-refractivity contribution in [3.8, 4) is 23.0 Å². The molecule has 0 saturated heterocycles. The maximum atomic E-state index is 12.5. The monoisotopic (exact) mass is 418 g/mol. The highest BCUT2D eigenvalue weighted by Gasteiger charge is 2.41. The summed E-state index contributed by atoms with van der Waals surface area (Å²) >= 11 is 0. The van der Waals surface area contributed by atoms with Crippen LogP contribution in [0.2, 0.25) is 0 Å². The van der Waals surface area contributed by atoms with Gasteiger partial charge in [0.05, 0.1) is 11.7 Å². The Kier molecular flexibility index (Phi) is 5.32. The molecule has 162 valence electrons. The van der Waals surface area contributed by atoms with Crippen LogP contribution < -0.4 is 10.4 Å². The average Bonchev–Trinajstić information content (AvgIpc) is 2.65. The zero-order valence-electron chi connectivity index (χ0n) is 17.6.